The van der Waals surface area contributed by atoms with Gasteiger partial charge in [-0.05, 0) is 29.8 Å². The van der Waals surface area contributed by atoms with Crippen LogP contribution in [0, 0.1) is 0 Å². The molecule has 4 nitrogen and oxygen atoms in total. The molecule has 0 spiro atoms. The lowest BCUT2D eigenvalue weighted by Gasteiger charge is -2.14. The highest BCUT2D eigenvalue weighted by molar-refractivity contribution is 6.06. The maximum Gasteiger partial charge on any atom is 0.259 e. The Balaban J connectivity index is 1.68. The molecule has 0 radical (unpaired) electrons. The fraction of sp³-hybridized carbons (Fsp3) is 0.125. The first kappa shape index (κ1) is 19.2. The third kappa shape index (κ3) is 5.24. The highest BCUT2D eigenvalue weighted by Gasteiger charge is 2.14. The molecule has 0 heterocycles. The highest BCUT2D eigenvalue weighted by Crippen LogP contribution is 2.26. The predicted octanol–water partition coefficient (Wildman–Crippen LogP) is 5.13. The second kappa shape index (κ2) is 9.97. The van der Waals surface area contributed by atoms with Crippen LogP contribution in [0.15, 0.2) is 91.5 Å². The molecule has 1 amide bonds. The molecule has 4 heteroatoms. The van der Waals surface area contributed by atoms with Crippen molar-refractivity contribution in [2.75, 3.05) is 18.5 Å². The van der Waals surface area contributed by atoms with Gasteiger partial charge in [-0.15, -0.1) is 0 Å². The highest BCUT2D eigenvalue weighted by atomic mass is 16.5. The molecule has 0 saturated heterocycles. The quantitative estimate of drug-likeness (QED) is 0.529. The number of rotatable bonds is 9. The number of hydrogen-bond acceptors (Lipinski definition) is 3. The van der Waals surface area contributed by atoms with Crippen molar-refractivity contribution in [3.63, 3.8) is 0 Å². The van der Waals surface area contributed by atoms with Gasteiger partial charge in [0.15, 0.2) is 0 Å². The maximum absolute atomic E-state index is 12.8. The van der Waals surface area contributed by atoms with Gasteiger partial charge in [0, 0.05) is 6.42 Å². The van der Waals surface area contributed by atoms with E-state index in [9.17, 15) is 4.79 Å². The molecule has 0 aliphatic heterocycles. The molecule has 0 saturated carbocycles. The van der Waals surface area contributed by atoms with E-state index >= 15 is 0 Å². The molecule has 0 fully saturated rings. The Morgan fingerprint density at radius 1 is 0.857 bits per heavy atom. The first-order valence-electron chi connectivity index (χ1n) is 9.18. The van der Waals surface area contributed by atoms with E-state index < -0.39 is 0 Å². The van der Waals surface area contributed by atoms with Gasteiger partial charge in [0.1, 0.15) is 18.1 Å². The molecular weight excluding hydrogens is 350 g/mol. The number of para-hydroxylation sites is 3. The van der Waals surface area contributed by atoms with Crippen LogP contribution in [0.2, 0.25) is 0 Å². The summed E-state index contributed by atoms with van der Waals surface area (Å²) < 4.78 is 11.5. The molecule has 0 aliphatic rings. The van der Waals surface area contributed by atoms with Crippen molar-refractivity contribution in [2.45, 2.75) is 6.42 Å². The molecule has 0 unspecified atom stereocenters. The zero-order valence-corrected chi connectivity index (χ0v) is 15.6. The molecule has 0 aromatic heterocycles. The van der Waals surface area contributed by atoms with Crippen molar-refractivity contribution in [1.29, 1.82) is 0 Å². The van der Waals surface area contributed by atoms with Crippen LogP contribution in [0.5, 0.6) is 11.5 Å². The number of hydrogen-bond donors (Lipinski definition) is 1. The third-order valence-corrected chi connectivity index (χ3v) is 4.11. The maximum atomic E-state index is 12.8. The van der Waals surface area contributed by atoms with Gasteiger partial charge in [-0.2, -0.15) is 0 Å². The second-order valence-corrected chi connectivity index (χ2v) is 6.13. The van der Waals surface area contributed by atoms with Crippen molar-refractivity contribution in [3.8, 4) is 11.5 Å². The summed E-state index contributed by atoms with van der Waals surface area (Å²) in [6.45, 7) is 4.51. The molecule has 3 rings (SSSR count). The van der Waals surface area contributed by atoms with E-state index in [0.29, 0.717) is 36.0 Å². The summed E-state index contributed by atoms with van der Waals surface area (Å²) in [5, 5.41) is 2.91. The number of amides is 1. The minimum atomic E-state index is -0.245. The summed E-state index contributed by atoms with van der Waals surface area (Å²) in [6, 6.07) is 24.6. The molecule has 3 aromatic carbocycles. The van der Waals surface area contributed by atoms with Crippen molar-refractivity contribution < 1.29 is 14.3 Å². The van der Waals surface area contributed by atoms with Crippen molar-refractivity contribution in [1.82, 2.24) is 0 Å². The number of carbonyl (C=O) groups excluding carboxylic acids is 1. The second-order valence-electron chi connectivity index (χ2n) is 6.13. The Labute approximate surface area is 165 Å². The fourth-order valence-corrected chi connectivity index (χ4v) is 2.74. The topological polar surface area (TPSA) is 47.6 Å². The van der Waals surface area contributed by atoms with E-state index in [1.54, 1.807) is 30.3 Å². The molecule has 3 aromatic rings. The Morgan fingerprint density at radius 2 is 1.54 bits per heavy atom. The summed E-state index contributed by atoms with van der Waals surface area (Å²) in [4.78, 5) is 12.8. The minimum Gasteiger partial charge on any atom is -0.492 e. The average Bonchev–Trinajstić information content (AvgIpc) is 2.74. The SMILES string of the molecule is C=CCOc1ccccc1NC(=O)c1ccccc1OCCc1ccccc1. The molecule has 142 valence electrons. The molecule has 28 heavy (non-hydrogen) atoms. The number of benzene rings is 3. The molecule has 0 aliphatic carbocycles. The largest absolute Gasteiger partial charge is 0.492 e. The summed E-state index contributed by atoms with van der Waals surface area (Å²) >= 11 is 0. The van der Waals surface area contributed by atoms with Crippen LogP contribution in [0.4, 0.5) is 5.69 Å². The van der Waals surface area contributed by atoms with Crippen molar-refractivity contribution >= 4 is 11.6 Å². The Hall–Kier alpha value is -3.53. The monoisotopic (exact) mass is 373 g/mol. The van der Waals surface area contributed by atoms with Gasteiger partial charge in [-0.3, -0.25) is 4.79 Å². The third-order valence-electron chi connectivity index (χ3n) is 4.11. The van der Waals surface area contributed by atoms with E-state index in [-0.39, 0.29) is 5.91 Å². The van der Waals surface area contributed by atoms with E-state index in [2.05, 4.69) is 24.0 Å². The summed E-state index contributed by atoms with van der Waals surface area (Å²) in [5.41, 5.74) is 2.28. The van der Waals surface area contributed by atoms with Crippen molar-refractivity contribution in [2.24, 2.45) is 0 Å². The van der Waals surface area contributed by atoms with Crippen LogP contribution >= 0.6 is 0 Å². The molecule has 0 atom stereocenters. The first-order valence-corrected chi connectivity index (χ1v) is 9.18. The lowest BCUT2D eigenvalue weighted by molar-refractivity contribution is 0.102. The summed E-state index contributed by atoms with van der Waals surface area (Å²) in [5.74, 6) is 0.906. The Bertz CT molecular complexity index is 922. The van der Waals surface area contributed by atoms with Gasteiger partial charge in [0.05, 0.1) is 17.9 Å². The van der Waals surface area contributed by atoms with E-state index in [1.807, 2.05) is 42.5 Å². The van der Waals surface area contributed by atoms with Crippen LogP contribution < -0.4 is 14.8 Å². The number of anilines is 1. The van der Waals surface area contributed by atoms with Crippen LogP contribution in [-0.2, 0) is 6.42 Å². The Morgan fingerprint density at radius 3 is 2.32 bits per heavy atom. The van der Waals surface area contributed by atoms with Crippen molar-refractivity contribution in [3.05, 3.63) is 103 Å². The fourth-order valence-electron chi connectivity index (χ4n) is 2.74. The average molecular weight is 373 g/mol. The van der Waals surface area contributed by atoms with Crippen LogP contribution in [-0.4, -0.2) is 19.1 Å². The van der Waals surface area contributed by atoms with Gasteiger partial charge in [0.2, 0.25) is 0 Å². The normalized spacial score (nSPS) is 10.1. The van der Waals surface area contributed by atoms with E-state index in [4.69, 9.17) is 9.47 Å². The summed E-state index contributed by atoms with van der Waals surface area (Å²) in [7, 11) is 0. The zero-order chi connectivity index (χ0) is 19.6. The minimum absolute atomic E-state index is 0.245. The van der Waals surface area contributed by atoms with E-state index in [1.165, 1.54) is 5.56 Å². The number of ether oxygens (including phenoxy) is 2. The van der Waals surface area contributed by atoms with Gasteiger partial charge in [0.25, 0.3) is 5.91 Å². The van der Waals surface area contributed by atoms with Gasteiger partial charge in [-0.25, -0.2) is 0 Å². The molecule has 1 N–H and O–H groups in total. The Kier molecular flexibility index (Phi) is 6.85. The van der Waals surface area contributed by atoms with Crippen LogP contribution in [0.1, 0.15) is 15.9 Å². The predicted molar refractivity (Wildman–Crippen MR) is 112 cm³/mol. The standard InChI is InChI=1S/C24H23NO3/c1-2-17-27-23-15-9-7-13-21(23)25-24(26)20-12-6-8-14-22(20)28-18-16-19-10-4-3-5-11-19/h2-15H,1,16-18H2,(H,25,26). The van der Waals surface area contributed by atoms with Gasteiger partial charge in [-0.1, -0.05) is 67.3 Å². The van der Waals surface area contributed by atoms with Crippen LogP contribution in [0.25, 0.3) is 0 Å². The van der Waals surface area contributed by atoms with Gasteiger partial charge >= 0.3 is 0 Å². The first-order chi connectivity index (χ1) is 13.8. The summed E-state index contributed by atoms with van der Waals surface area (Å²) in [6.07, 6.45) is 2.43. The molecule has 0 bridgehead atoms. The lowest BCUT2D eigenvalue weighted by Crippen LogP contribution is -2.15. The van der Waals surface area contributed by atoms with Crippen LogP contribution in [0.3, 0.4) is 0 Å². The van der Waals surface area contributed by atoms with Gasteiger partial charge < -0.3 is 14.8 Å². The zero-order valence-electron chi connectivity index (χ0n) is 15.6. The smallest absolute Gasteiger partial charge is 0.259 e. The molecular formula is C24H23NO3. The number of carbonyl (C=O) groups is 1. The van der Waals surface area contributed by atoms with E-state index in [0.717, 1.165) is 6.42 Å². The number of nitrogens with one attached hydrogen (secondary N) is 1. The lowest BCUT2D eigenvalue weighted by atomic mass is 10.1.